The summed E-state index contributed by atoms with van der Waals surface area (Å²) in [6, 6.07) is 73.1. The van der Waals surface area contributed by atoms with Crippen molar-refractivity contribution in [2.45, 2.75) is 0 Å². The molecule has 0 atom stereocenters. The zero-order valence-corrected chi connectivity index (χ0v) is 34.7. The fourth-order valence-electron chi connectivity index (χ4n) is 9.68. The zero-order valence-electron chi connectivity index (χ0n) is 34.7. The Bertz CT molecular complexity index is 4070. The quantitative estimate of drug-likeness (QED) is 0.167. The van der Waals surface area contributed by atoms with Crippen molar-refractivity contribution in [2.75, 3.05) is 0 Å². The van der Waals surface area contributed by atoms with E-state index in [4.69, 9.17) is 19.4 Å². The molecule has 0 amide bonds. The van der Waals surface area contributed by atoms with Gasteiger partial charge in [0.2, 0.25) is 0 Å². The molecule has 0 saturated carbocycles. The molecular formula is C58H34N6O. The monoisotopic (exact) mass is 830 g/mol. The van der Waals surface area contributed by atoms with Gasteiger partial charge in [0.1, 0.15) is 17.2 Å². The van der Waals surface area contributed by atoms with E-state index in [9.17, 15) is 5.26 Å². The van der Waals surface area contributed by atoms with Crippen molar-refractivity contribution in [3.05, 3.63) is 212 Å². The maximum absolute atomic E-state index is 11.0. The lowest BCUT2D eigenvalue weighted by Gasteiger charge is -2.13. The number of para-hydroxylation sites is 3. The molecule has 7 heteroatoms. The first-order valence-corrected chi connectivity index (χ1v) is 21.6. The largest absolute Gasteiger partial charge is 0.456 e. The Kier molecular flexibility index (Phi) is 8.14. The molecule has 65 heavy (non-hydrogen) atoms. The number of benzene rings is 9. The van der Waals surface area contributed by atoms with Crippen LogP contribution in [0.1, 0.15) is 5.56 Å². The van der Waals surface area contributed by atoms with Crippen LogP contribution in [0.4, 0.5) is 0 Å². The van der Waals surface area contributed by atoms with Gasteiger partial charge in [0.25, 0.3) is 0 Å². The van der Waals surface area contributed by atoms with Crippen molar-refractivity contribution < 1.29 is 4.42 Å². The topological polar surface area (TPSA) is 85.5 Å². The lowest BCUT2D eigenvalue weighted by Crippen LogP contribution is -2.02. The predicted molar refractivity (Wildman–Crippen MR) is 262 cm³/mol. The first kappa shape index (κ1) is 36.5. The van der Waals surface area contributed by atoms with E-state index in [1.54, 1.807) is 0 Å². The van der Waals surface area contributed by atoms with E-state index in [1.165, 1.54) is 5.39 Å². The molecule has 4 aromatic heterocycles. The number of nitriles is 1. The summed E-state index contributed by atoms with van der Waals surface area (Å²) in [4.78, 5) is 15.1. The van der Waals surface area contributed by atoms with Crippen LogP contribution in [-0.2, 0) is 0 Å². The van der Waals surface area contributed by atoms with E-state index >= 15 is 0 Å². The van der Waals surface area contributed by atoms with Gasteiger partial charge in [-0.2, -0.15) is 5.26 Å². The Hall–Kier alpha value is -9.12. The lowest BCUT2D eigenvalue weighted by atomic mass is 10.0. The Morgan fingerprint density at radius 1 is 0.369 bits per heavy atom. The second-order valence-corrected chi connectivity index (χ2v) is 16.3. The molecule has 0 radical (unpaired) electrons. The summed E-state index contributed by atoms with van der Waals surface area (Å²) in [5.74, 6) is 1.59. The Balaban J connectivity index is 1.00. The summed E-state index contributed by atoms with van der Waals surface area (Å²) >= 11 is 0. The number of rotatable bonds is 6. The van der Waals surface area contributed by atoms with Crippen LogP contribution in [0.25, 0.3) is 122 Å². The van der Waals surface area contributed by atoms with Crippen molar-refractivity contribution in [3.63, 3.8) is 0 Å². The molecule has 13 aromatic rings. The van der Waals surface area contributed by atoms with Gasteiger partial charge in [0.15, 0.2) is 17.5 Å². The molecule has 0 N–H and O–H groups in total. The van der Waals surface area contributed by atoms with E-state index in [-0.39, 0.29) is 0 Å². The summed E-state index contributed by atoms with van der Waals surface area (Å²) in [7, 11) is 0. The predicted octanol–water partition coefficient (Wildman–Crippen LogP) is 14.5. The van der Waals surface area contributed by atoms with Gasteiger partial charge in [-0.3, -0.25) is 0 Å². The molecule has 302 valence electrons. The van der Waals surface area contributed by atoms with Crippen LogP contribution in [0.15, 0.2) is 211 Å². The fraction of sp³-hybridized carbons (Fsp3) is 0. The van der Waals surface area contributed by atoms with Crippen molar-refractivity contribution in [1.29, 1.82) is 5.26 Å². The van der Waals surface area contributed by atoms with Gasteiger partial charge in [-0.25, -0.2) is 15.0 Å². The van der Waals surface area contributed by atoms with Gasteiger partial charge in [-0.05, 0) is 83.9 Å². The third kappa shape index (κ3) is 5.78. The maximum atomic E-state index is 11.0. The molecule has 9 aromatic carbocycles. The van der Waals surface area contributed by atoms with E-state index in [1.807, 2.05) is 78.9 Å². The molecule has 4 heterocycles. The van der Waals surface area contributed by atoms with E-state index in [2.05, 4.69) is 143 Å². The smallest absolute Gasteiger partial charge is 0.164 e. The summed E-state index contributed by atoms with van der Waals surface area (Å²) < 4.78 is 11.3. The SMILES string of the molecule is N#Cc1cc(-c2nc(-c3ccccc3)nc(-c3cccc(-c4ccccc4)c3)n2)ccc1-n1c2ccccc2c2c3c(ccc21)oc1cc2c4ccccc4n(-c4ccccc4)c2cc13. The van der Waals surface area contributed by atoms with Crippen LogP contribution in [0.2, 0.25) is 0 Å². The maximum Gasteiger partial charge on any atom is 0.164 e. The minimum Gasteiger partial charge on any atom is -0.456 e. The van der Waals surface area contributed by atoms with Gasteiger partial charge in [-0.15, -0.1) is 0 Å². The highest BCUT2D eigenvalue weighted by Crippen LogP contribution is 2.44. The third-order valence-electron chi connectivity index (χ3n) is 12.6. The molecule has 0 spiro atoms. The number of aromatic nitrogens is 5. The minimum absolute atomic E-state index is 0.482. The van der Waals surface area contributed by atoms with E-state index in [0.29, 0.717) is 28.6 Å². The second kappa shape index (κ2) is 14.5. The average Bonchev–Trinajstić information content (AvgIpc) is 4.03. The van der Waals surface area contributed by atoms with Gasteiger partial charge < -0.3 is 13.6 Å². The molecule has 0 aliphatic carbocycles. The van der Waals surface area contributed by atoms with Crippen LogP contribution in [0, 0.1) is 11.3 Å². The summed E-state index contributed by atoms with van der Waals surface area (Å²) in [5.41, 5.74) is 12.8. The second-order valence-electron chi connectivity index (χ2n) is 16.3. The van der Waals surface area contributed by atoms with E-state index in [0.717, 1.165) is 93.8 Å². The molecule has 7 nitrogen and oxygen atoms in total. The Labute approximate surface area is 372 Å². The van der Waals surface area contributed by atoms with Gasteiger partial charge in [0.05, 0.1) is 33.3 Å². The zero-order chi connectivity index (χ0) is 43.0. The first-order valence-electron chi connectivity index (χ1n) is 21.6. The van der Waals surface area contributed by atoms with Crippen LogP contribution >= 0.6 is 0 Å². The Morgan fingerprint density at radius 2 is 0.969 bits per heavy atom. The van der Waals surface area contributed by atoms with Crippen molar-refractivity contribution in [1.82, 2.24) is 24.1 Å². The van der Waals surface area contributed by atoms with Crippen molar-refractivity contribution in [2.24, 2.45) is 0 Å². The fourth-order valence-corrected chi connectivity index (χ4v) is 9.68. The van der Waals surface area contributed by atoms with E-state index < -0.39 is 0 Å². The number of hydrogen-bond acceptors (Lipinski definition) is 5. The van der Waals surface area contributed by atoms with Gasteiger partial charge in [0, 0.05) is 54.7 Å². The molecular weight excluding hydrogens is 797 g/mol. The van der Waals surface area contributed by atoms with Gasteiger partial charge >= 0.3 is 0 Å². The number of hydrogen-bond donors (Lipinski definition) is 0. The highest BCUT2D eigenvalue weighted by atomic mass is 16.3. The molecule has 0 aliphatic rings. The number of furan rings is 1. The molecule has 0 unspecified atom stereocenters. The number of nitrogens with zero attached hydrogens (tertiary/aromatic N) is 6. The minimum atomic E-state index is 0.482. The lowest BCUT2D eigenvalue weighted by molar-refractivity contribution is 0.670. The molecule has 0 bridgehead atoms. The van der Waals surface area contributed by atoms with Crippen LogP contribution in [0.3, 0.4) is 0 Å². The van der Waals surface area contributed by atoms with Crippen LogP contribution < -0.4 is 0 Å². The highest BCUT2D eigenvalue weighted by Gasteiger charge is 2.23. The van der Waals surface area contributed by atoms with Crippen LogP contribution in [0.5, 0.6) is 0 Å². The Morgan fingerprint density at radius 3 is 1.71 bits per heavy atom. The summed E-state index contributed by atoms with van der Waals surface area (Å²) in [6.45, 7) is 0. The summed E-state index contributed by atoms with van der Waals surface area (Å²) in [5, 5.41) is 17.5. The van der Waals surface area contributed by atoms with Crippen molar-refractivity contribution >= 4 is 65.6 Å². The third-order valence-corrected chi connectivity index (χ3v) is 12.6. The average molecular weight is 831 g/mol. The molecule has 0 fully saturated rings. The van der Waals surface area contributed by atoms with Gasteiger partial charge in [-0.1, -0.05) is 133 Å². The molecule has 0 saturated heterocycles. The molecule has 0 aliphatic heterocycles. The molecule has 13 rings (SSSR count). The normalized spacial score (nSPS) is 11.7. The first-order chi connectivity index (χ1) is 32.2. The standard InChI is InChI=1S/C58H34N6O/c59-35-41-32-40(58-61-56(37-17-6-2-7-18-37)60-57(62-58)39-20-14-19-38(31-39)36-15-4-1-5-16-36)27-28-47(41)64-49-26-13-11-24-44(49)54-50(64)29-30-52-55(54)46-33-51-45(34-53(46)65-52)43-23-10-12-25-48(43)63(51)42-21-8-3-9-22-42/h1-34H. The van der Waals surface area contributed by atoms with Crippen molar-refractivity contribution in [3.8, 4) is 62.7 Å². The van der Waals surface area contributed by atoms with Crippen LogP contribution in [-0.4, -0.2) is 24.1 Å². The highest BCUT2D eigenvalue weighted by molar-refractivity contribution is 6.29. The number of fused-ring (bicyclic) bond motifs is 10. The summed E-state index contributed by atoms with van der Waals surface area (Å²) in [6.07, 6.45) is 0.